The van der Waals surface area contributed by atoms with Crippen molar-refractivity contribution in [3.63, 3.8) is 0 Å². The molecule has 0 unspecified atom stereocenters. The quantitative estimate of drug-likeness (QED) is 0.322. The van der Waals surface area contributed by atoms with E-state index in [9.17, 15) is 18.5 Å². The van der Waals surface area contributed by atoms with E-state index in [1.165, 1.54) is 12.1 Å². The lowest BCUT2D eigenvalue weighted by Gasteiger charge is -2.14. The molecule has 3 rings (SSSR count). The number of non-ortho nitro benzene ring substituents is 1. The van der Waals surface area contributed by atoms with Gasteiger partial charge in [-0.05, 0) is 50.6 Å². The minimum atomic E-state index is -4.15. The second-order valence-electron chi connectivity index (χ2n) is 6.89. The summed E-state index contributed by atoms with van der Waals surface area (Å²) in [6, 6.07) is 14.1. The predicted molar refractivity (Wildman–Crippen MR) is 120 cm³/mol. The monoisotopic (exact) mass is 439 g/mol. The van der Waals surface area contributed by atoms with Crippen LogP contribution in [0.15, 0.2) is 70.8 Å². The summed E-state index contributed by atoms with van der Waals surface area (Å²) in [5.41, 5.74) is 5.67. The summed E-state index contributed by atoms with van der Waals surface area (Å²) in [4.78, 5) is 14.5. The first-order chi connectivity index (χ1) is 14.7. The fourth-order valence-electron chi connectivity index (χ4n) is 2.85. The summed E-state index contributed by atoms with van der Waals surface area (Å²) in [6.45, 7) is 5.39. The summed E-state index contributed by atoms with van der Waals surface area (Å²) < 4.78 is 28.7. The average Bonchev–Trinajstić information content (AvgIpc) is 2.74. The summed E-state index contributed by atoms with van der Waals surface area (Å²) in [5, 5.41) is 15.4. The van der Waals surface area contributed by atoms with Gasteiger partial charge >= 0.3 is 0 Å². The molecule has 9 nitrogen and oxygen atoms in total. The van der Waals surface area contributed by atoms with Gasteiger partial charge in [0, 0.05) is 18.3 Å². The highest BCUT2D eigenvalue weighted by Crippen LogP contribution is 2.29. The summed E-state index contributed by atoms with van der Waals surface area (Å²) >= 11 is 0. The smallest absolute Gasteiger partial charge is 0.270 e. The van der Waals surface area contributed by atoms with E-state index in [1.54, 1.807) is 50.4 Å². The lowest BCUT2D eigenvalue weighted by molar-refractivity contribution is -0.385. The SMILES string of the molecule is C/C(=N/Nc1ccc([N+](=O)[O-])cc1S(=O)(=O)Nc1ccc(C)cc1C)c1ccccn1. The Labute approximate surface area is 180 Å². The number of hydrazone groups is 1. The van der Waals surface area contributed by atoms with Crippen molar-refractivity contribution >= 4 is 32.8 Å². The largest absolute Gasteiger partial charge is 0.279 e. The molecule has 0 saturated heterocycles. The minimum absolute atomic E-state index is 0.0955. The van der Waals surface area contributed by atoms with E-state index in [0.717, 1.165) is 17.2 Å². The standard InChI is InChI=1S/C21H21N5O4S/c1-14-7-9-18(15(2)12-14)25-31(29,30)21-13-17(26(27)28)8-10-20(21)24-23-16(3)19-6-4-5-11-22-19/h4-13,24-25H,1-3H3/b23-16-. The number of nitrogens with one attached hydrogen (secondary N) is 2. The topological polar surface area (TPSA) is 127 Å². The van der Waals surface area contributed by atoms with Crippen LogP contribution in [0.1, 0.15) is 23.7 Å². The van der Waals surface area contributed by atoms with Gasteiger partial charge in [0.1, 0.15) is 4.90 Å². The van der Waals surface area contributed by atoms with Crippen LogP contribution in [-0.2, 0) is 10.0 Å². The Morgan fingerprint density at radius 2 is 1.81 bits per heavy atom. The van der Waals surface area contributed by atoms with Crippen LogP contribution in [0.2, 0.25) is 0 Å². The number of aryl methyl sites for hydroxylation is 2. The van der Waals surface area contributed by atoms with Gasteiger partial charge in [0.25, 0.3) is 15.7 Å². The molecule has 0 aliphatic heterocycles. The molecular weight excluding hydrogens is 418 g/mol. The fraction of sp³-hybridized carbons (Fsp3) is 0.143. The number of nitro benzene ring substituents is 1. The summed E-state index contributed by atoms with van der Waals surface area (Å²) in [5.74, 6) is 0. The minimum Gasteiger partial charge on any atom is -0.279 e. The number of nitro groups is 1. The molecule has 31 heavy (non-hydrogen) atoms. The third kappa shape index (κ3) is 5.23. The summed E-state index contributed by atoms with van der Waals surface area (Å²) in [6.07, 6.45) is 1.62. The van der Waals surface area contributed by atoms with E-state index >= 15 is 0 Å². The van der Waals surface area contributed by atoms with E-state index in [1.807, 2.05) is 13.0 Å². The van der Waals surface area contributed by atoms with Gasteiger partial charge < -0.3 is 0 Å². The highest BCUT2D eigenvalue weighted by molar-refractivity contribution is 7.92. The van der Waals surface area contributed by atoms with Crippen LogP contribution in [0, 0.1) is 24.0 Å². The Hall–Kier alpha value is -3.79. The Bertz CT molecular complexity index is 1260. The van der Waals surface area contributed by atoms with Gasteiger partial charge in [-0.3, -0.25) is 25.2 Å². The molecule has 0 bridgehead atoms. The molecule has 160 valence electrons. The number of nitrogens with zero attached hydrogens (tertiary/aromatic N) is 3. The first kappa shape index (κ1) is 21.9. The van der Waals surface area contributed by atoms with Crippen molar-refractivity contribution in [2.24, 2.45) is 5.10 Å². The molecule has 0 fully saturated rings. The van der Waals surface area contributed by atoms with E-state index in [-0.39, 0.29) is 16.3 Å². The number of anilines is 2. The lowest BCUT2D eigenvalue weighted by atomic mass is 10.1. The van der Waals surface area contributed by atoms with Gasteiger partial charge in [-0.25, -0.2) is 8.42 Å². The van der Waals surface area contributed by atoms with Crippen LogP contribution >= 0.6 is 0 Å². The molecule has 0 aliphatic carbocycles. The Balaban J connectivity index is 2.00. The predicted octanol–water partition coefficient (Wildman–Crippen LogP) is 4.24. The van der Waals surface area contributed by atoms with Crippen LogP contribution in [0.4, 0.5) is 17.1 Å². The zero-order valence-corrected chi connectivity index (χ0v) is 18.0. The van der Waals surface area contributed by atoms with Gasteiger partial charge in [-0.2, -0.15) is 5.10 Å². The van der Waals surface area contributed by atoms with E-state index < -0.39 is 14.9 Å². The number of hydrogen-bond donors (Lipinski definition) is 2. The summed E-state index contributed by atoms with van der Waals surface area (Å²) in [7, 11) is -4.15. The molecule has 2 aromatic carbocycles. The van der Waals surface area contributed by atoms with Crippen LogP contribution in [-0.4, -0.2) is 24.0 Å². The van der Waals surface area contributed by atoms with Crippen LogP contribution in [0.3, 0.4) is 0 Å². The Kier molecular flexibility index (Phi) is 6.30. The number of hydrogen-bond acceptors (Lipinski definition) is 7. The molecule has 0 amide bonds. The van der Waals surface area contributed by atoms with Crippen LogP contribution in [0.5, 0.6) is 0 Å². The second-order valence-corrected chi connectivity index (χ2v) is 8.54. The zero-order valence-electron chi connectivity index (χ0n) is 17.2. The molecule has 1 aromatic heterocycles. The Morgan fingerprint density at radius 3 is 2.45 bits per heavy atom. The Morgan fingerprint density at radius 1 is 1.06 bits per heavy atom. The molecule has 0 radical (unpaired) electrons. The van der Waals surface area contributed by atoms with Gasteiger partial charge in [0.2, 0.25) is 0 Å². The van der Waals surface area contributed by atoms with Gasteiger partial charge in [0.05, 0.1) is 27.7 Å². The van der Waals surface area contributed by atoms with E-state index in [4.69, 9.17) is 0 Å². The average molecular weight is 439 g/mol. The normalized spacial score (nSPS) is 11.8. The van der Waals surface area contributed by atoms with Gasteiger partial charge in [-0.15, -0.1) is 0 Å². The van der Waals surface area contributed by atoms with Crippen molar-refractivity contribution in [1.82, 2.24) is 4.98 Å². The lowest BCUT2D eigenvalue weighted by Crippen LogP contribution is -2.16. The fourth-order valence-corrected chi connectivity index (χ4v) is 4.15. The molecule has 0 aliphatic rings. The van der Waals surface area contributed by atoms with Crippen molar-refractivity contribution in [2.45, 2.75) is 25.7 Å². The number of sulfonamides is 1. The maximum absolute atomic E-state index is 13.1. The van der Waals surface area contributed by atoms with Crippen LogP contribution < -0.4 is 10.1 Å². The maximum atomic E-state index is 13.1. The van der Waals surface area contributed by atoms with Crippen LogP contribution in [0.25, 0.3) is 0 Å². The van der Waals surface area contributed by atoms with Crippen molar-refractivity contribution in [1.29, 1.82) is 0 Å². The van der Waals surface area contributed by atoms with Crippen molar-refractivity contribution < 1.29 is 13.3 Å². The highest BCUT2D eigenvalue weighted by atomic mass is 32.2. The molecule has 2 N–H and O–H groups in total. The third-order valence-electron chi connectivity index (χ3n) is 4.47. The second kappa shape index (κ2) is 8.92. The molecule has 0 saturated carbocycles. The van der Waals surface area contributed by atoms with E-state index in [2.05, 4.69) is 20.2 Å². The molecule has 3 aromatic rings. The first-order valence-corrected chi connectivity index (χ1v) is 10.8. The third-order valence-corrected chi connectivity index (χ3v) is 5.88. The van der Waals surface area contributed by atoms with E-state index in [0.29, 0.717) is 17.1 Å². The van der Waals surface area contributed by atoms with Crippen molar-refractivity contribution in [2.75, 3.05) is 10.1 Å². The molecule has 0 spiro atoms. The zero-order chi connectivity index (χ0) is 22.6. The molecule has 1 heterocycles. The maximum Gasteiger partial charge on any atom is 0.270 e. The van der Waals surface area contributed by atoms with Gasteiger partial charge in [-0.1, -0.05) is 23.8 Å². The number of rotatable bonds is 7. The molecule has 0 atom stereocenters. The highest BCUT2D eigenvalue weighted by Gasteiger charge is 2.23. The van der Waals surface area contributed by atoms with Crippen molar-refractivity contribution in [3.05, 3.63) is 87.7 Å². The number of pyridine rings is 1. The molecule has 10 heteroatoms. The van der Waals surface area contributed by atoms with Gasteiger partial charge in [0.15, 0.2) is 0 Å². The van der Waals surface area contributed by atoms with Crippen molar-refractivity contribution in [3.8, 4) is 0 Å². The number of benzene rings is 2. The first-order valence-electron chi connectivity index (χ1n) is 9.27. The molecular formula is C21H21N5O4S. The number of aromatic nitrogens is 1.